The van der Waals surface area contributed by atoms with Crippen molar-refractivity contribution in [3.63, 3.8) is 0 Å². The monoisotopic (exact) mass is 156 g/mol. The molecule has 0 aromatic carbocycles. The highest BCUT2D eigenvalue weighted by Gasteiger charge is 2.52. The highest BCUT2D eigenvalue weighted by Crippen LogP contribution is 2.45. The predicted octanol–water partition coefficient (Wildman–Crippen LogP) is 1.18. The fourth-order valence-corrected chi connectivity index (χ4v) is 2.36. The van der Waals surface area contributed by atoms with Gasteiger partial charge in [-0.25, -0.2) is 0 Å². The number of hydrogen-bond donors (Lipinski definition) is 1. The summed E-state index contributed by atoms with van der Waals surface area (Å²) in [5.41, 5.74) is 0. The number of aliphatic hydroxyl groups excluding tert-OH is 1. The van der Waals surface area contributed by atoms with Gasteiger partial charge in [0.25, 0.3) is 0 Å². The van der Waals surface area contributed by atoms with Crippen molar-refractivity contribution in [3.8, 4) is 0 Å². The summed E-state index contributed by atoms with van der Waals surface area (Å²) >= 11 is 0. The van der Waals surface area contributed by atoms with Crippen LogP contribution in [0.4, 0.5) is 0 Å². The highest BCUT2D eigenvalue weighted by atomic mass is 16.6. The quantitative estimate of drug-likeness (QED) is 0.578. The molecule has 5 atom stereocenters. The molecule has 2 rings (SSSR count). The standard InChI is InChI=1S/C9H16O2/c1-3-6-5(2)7(10)4-8-9(6)11-8/h5-10H,3-4H2,1-2H3. The van der Waals surface area contributed by atoms with Gasteiger partial charge in [0, 0.05) is 6.42 Å². The number of epoxide rings is 1. The summed E-state index contributed by atoms with van der Waals surface area (Å²) in [7, 11) is 0. The molecule has 1 saturated heterocycles. The van der Waals surface area contributed by atoms with Crippen LogP contribution in [-0.2, 0) is 4.74 Å². The molecule has 1 aliphatic heterocycles. The first kappa shape index (κ1) is 7.56. The molecule has 2 aliphatic rings. The van der Waals surface area contributed by atoms with E-state index in [2.05, 4.69) is 13.8 Å². The molecule has 2 nitrogen and oxygen atoms in total. The Morgan fingerprint density at radius 3 is 2.91 bits per heavy atom. The maximum Gasteiger partial charge on any atom is 0.0874 e. The molecule has 0 amide bonds. The molecule has 5 unspecified atom stereocenters. The van der Waals surface area contributed by atoms with E-state index in [1.807, 2.05) is 0 Å². The average Bonchev–Trinajstić information content (AvgIpc) is 2.69. The van der Waals surface area contributed by atoms with E-state index in [0.717, 1.165) is 12.8 Å². The zero-order valence-corrected chi connectivity index (χ0v) is 7.16. The molecule has 1 N–H and O–H groups in total. The fraction of sp³-hybridized carbons (Fsp3) is 1.00. The van der Waals surface area contributed by atoms with Crippen molar-refractivity contribution >= 4 is 0 Å². The van der Waals surface area contributed by atoms with Crippen LogP contribution in [0.15, 0.2) is 0 Å². The van der Waals surface area contributed by atoms with Crippen LogP contribution < -0.4 is 0 Å². The van der Waals surface area contributed by atoms with Crippen LogP contribution in [0.25, 0.3) is 0 Å². The van der Waals surface area contributed by atoms with Crippen molar-refractivity contribution in [1.82, 2.24) is 0 Å². The van der Waals surface area contributed by atoms with Crippen LogP contribution in [0.5, 0.6) is 0 Å². The van der Waals surface area contributed by atoms with Gasteiger partial charge in [-0.05, 0) is 11.8 Å². The van der Waals surface area contributed by atoms with Crippen molar-refractivity contribution in [2.24, 2.45) is 11.8 Å². The molecule has 0 spiro atoms. The number of ether oxygens (including phenoxy) is 1. The Kier molecular flexibility index (Phi) is 1.69. The molecular weight excluding hydrogens is 140 g/mol. The van der Waals surface area contributed by atoms with Gasteiger partial charge in [-0.3, -0.25) is 0 Å². The molecular formula is C9H16O2. The lowest BCUT2D eigenvalue weighted by Gasteiger charge is -2.29. The summed E-state index contributed by atoms with van der Waals surface area (Å²) < 4.78 is 5.46. The van der Waals surface area contributed by atoms with E-state index < -0.39 is 0 Å². The smallest absolute Gasteiger partial charge is 0.0874 e. The predicted molar refractivity (Wildman–Crippen MR) is 42.2 cm³/mol. The summed E-state index contributed by atoms with van der Waals surface area (Å²) in [5.74, 6) is 1.03. The first-order valence-electron chi connectivity index (χ1n) is 4.57. The summed E-state index contributed by atoms with van der Waals surface area (Å²) in [5, 5.41) is 9.60. The van der Waals surface area contributed by atoms with Crippen LogP contribution in [-0.4, -0.2) is 23.4 Å². The van der Waals surface area contributed by atoms with E-state index >= 15 is 0 Å². The Hall–Kier alpha value is -0.0800. The maximum atomic E-state index is 9.60. The van der Waals surface area contributed by atoms with Gasteiger partial charge in [0.2, 0.25) is 0 Å². The zero-order valence-electron chi connectivity index (χ0n) is 7.16. The molecule has 64 valence electrons. The van der Waals surface area contributed by atoms with E-state index in [9.17, 15) is 5.11 Å². The van der Waals surface area contributed by atoms with Crippen molar-refractivity contribution in [3.05, 3.63) is 0 Å². The second kappa shape index (κ2) is 2.46. The average molecular weight is 156 g/mol. The van der Waals surface area contributed by atoms with E-state index in [1.54, 1.807) is 0 Å². The molecule has 2 fully saturated rings. The third-order valence-electron chi connectivity index (χ3n) is 3.27. The van der Waals surface area contributed by atoms with Gasteiger partial charge >= 0.3 is 0 Å². The van der Waals surface area contributed by atoms with E-state index in [1.165, 1.54) is 0 Å². The minimum absolute atomic E-state index is 0.122. The minimum atomic E-state index is -0.122. The first-order valence-corrected chi connectivity index (χ1v) is 4.57. The lowest BCUT2D eigenvalue weighted by atomic mass is 9.77. The Morgan fingerprint density at radius 1 is 1.55 bits per heavy atom. The molecule has 1 saturated carbocycles. The molecule has 11 heavy (non-hydrogen) atoms. The molecule has 2 heteroatoms. The Bertz CT molecular complexity index is 158. The van der Waals surface area contributed by atoms with Crippen LogP contribution in [0.3, 0.4) is 0 Å². The lowest BCUT2D eigenvalue weighted by Crippen LogP contribution is -2.35. The van der Waals surface area contributed by atoms with Crippen LogP contribution in [0, 0.1) is 11.8 Å². The normalized spacial score (nSPS) is 55.4. The van der Waals surface area contributed by atoms with Gasteiger partial charge in [-0.2, -0.15) is 0 Å². The zero-order chi connectivity index (χ0) is 8.01. The second-order valence-corrected chi connectivity index (χ2v) is 3.87. The molecule has 1 heterocycles. The second-order valence-electron chi connectivity index (χ2n) is 3.87. The van der Waals surface area contributed by atoms with Gasteiger partial charge in [0.15, 0.2) is 0 Å². The largest absolute Gasteiger partial charge is 0.393 e. The van der Waals surface area contributed by atoms with Crippen molar-refractivity contribution in [2.75, 3.05) is 0 Å². The van der Waals surface area contributed by atoms with E-state index in [0.29, 0.717) is 24.0 Å². The lowest BCUT2D eigenvalue weighted by molar-refractivity contribution is 0.0557. The molecule has 0 aromatic heterocycles. The van der Waals surface area contributed by atoms with Gasteiger partial charge in [0.1, 0.15) is 0 Å². The molecule has 0 bridgehead atoms. The van der Waals surface area contributed by atoms with Crippen LogP contribution in [0.1, 0.15) is 26.7 Å². The molecule has 0 aromatic rings. The SMILES string of the molecule is CCC1C(C)C(O)CC2OC21. The maximum absolute atomic E-state index is 9.60. The molecule has 0 radical (unpaired) electrons. The Labute approximate surface area is 67.6 Å². The summed E-state index contributed by atoms with van der Waals surface area (Å²) in [6, 6.07) is 0. The van der Waals surface area contributed by atoms with Crippen LogP contribution >= 0.6 is 0 Å². The summed E-state index contributed by atoms with van der Waals surface area (Å²) in [6.45, 7) is 4.31. The molecule has 1 aliphatic carbocycles. The number of fused-ring (bicyclic) bond motifs is 1. The van der Waals surface area contributed by atoms with Gasteiger partial charge < -0.3 is 9.84 Å². The van der Waals surface area contributed by atoms with Gasteiger partial charge in [-0.1, -0.05) is 20.3 Å². The third kappa shape index (κ3) is 1.09. The Balaban J connectivity index is 2.05. The highest BCUT2D eigenvalue weighted by molar-refractivity contribution is 5.00. The minimum Gasteiger partial charge on any atom is -0.393 e. The van der Waals surface area contributed by atoms with Gasteiger partial charge in [-0.15, -0.1) is 0 Å². The topological polar surface area (TPSA) is 32.8 Å². The van der Waals surface area contributed by atoms with Gasteiger partial charge in [0.05, 0.1) is 18.3 Å². The van der Waals surface area contributed by atoms with Crippen molar-refractivity contribution in [2.45, 2.75) is 45.0 Å². The summed E-state index contributed by atoms with van der Waals surface area (Å²) in [4.78, 5) is 0. The fourth-order valence-electron chi connectivity index (χ4n) is 2.36. The number of hydrogen-bond acceptors (Lipinski definition) is 2. The first-order chi connectivity index (χ1) is 5.24. The van der Waals surface area contributed by atoms with Crippen LogP contribution in [0.2, 0.25) is 0 Å². The van der Waals surface area contributed by atoms with E-state index in [-0.39, 0.29) is 6.10 Å². The van der Waals surface area contributed by atoms with Crippen molar-refractivity contribution < 1.29 is 9.84 Å². The van der Waals surface area contributed by atoms with E-state index in [4.69, 9.17) is 4.74 Å². The number of aliphatic hydroxyl groups is 1. The summed E-state index contributed by atoms with van der Waals surface area (Å²) in [6.07, 6.45) is 2.76. The number of rotatable bonds is 1. The third-order valence-corrected chi connectivity index (χ3v) is 3.27. The van der Waals surface area contributed by atoms with Crippen molar-refractivity contribution in [1.29, 1.82) is 0 Å². The Morgan fingerprint density at radius 2 is 2.27 bits per heavy atom.